The van der Waals surface area contributed by atoms with Crippen LogP contribution in [0.3, 0.4) is 0 Å². The lowest BCUT2D eigenvalue weighted by Gasteiger charge is -2.07. The molecule has 0 aromatic heterocycles. The second kappa shape index (κ2) is 11.5. The third kappa shape index (κ3) is 7.14. The zero-order valence-electron chi connectivity index (χ0n) is 12.6. The van der Waals surface area contributed by atoms with Crippen molar-refractivity contribution in [1.82, 2.24) is 4.90 Å². The van der Waals surface area contributed by atoms with Gasteiger partial charge in [0.25, 0.3) is 0 Å². The maximum Gasteiger partial charge on any atom is 0.436 e. The molecule has 1 heterocycles. The predicted octanol–water partition coefficient (Wildman–Crippen LogP) is 0.805. The highest BCUT2D eigenvalue weighted by Gasteiger charge is 2.29. The van der Waals surface area contributed by atoms with E-state index in [0.29, 0.717) is 0 Å². The van der Waals surface area contributed by atoms with Crippen LogP contribution in [0.1, 0.15) is 65.2 Å². The fourth-order valence-electron chi connectivity index (χ4n) is 2.49. The topological polar surface area (TPSA) is 6.25 Å². The van der Waals surface area contributed by atoms with E-state index in [4.69, 9.17) is 0 Å². The highest BCUT2D eigenvalue weighted by Crippen LogP contribution is 2.09. The van der Waals surface area contributed by atoms with Gasteiger partial charge >= 0.3 is 6.09 Å². The molecule has 19 heavy (non-hydrogen) atoms. The monoisotopic (exact) mass is 292 g/mol. The van der Waals surface area contributed by atoms with Gasteiger partial charge in [-0.25, -0.2) is 9.48 Å². The van der Waals surface area contributed by atoms with Crippen LogP contribution >= 0.6 is 0 Å². The molecule has 0 aromatic carbocycles. The number of nitrogens with zero attached hydrogens (tertiary/aromatic N) is 2. The van der Waals surface area contributed by atoms with Crippen LogP contribution in [-0.2, 0) is 0 Å². The molecule has 1 rings (SSSR count). The molecule has 114 valence electrons. The molecule has 0 spiro atoms. The molecule has 0 N–H and O–H groups in total. The van der Waals surface area contributed by atoms with Crippen molar-refractivity contribution in [3.63, 3.8) is 0 Å². The van der Waals surface area contributed by atoms with Crippen LogP contribution in [-0.4, -0.2) is 41.7 Å². The van der Waals surface area contributed by atoms with Crippen LogP contribution in [0.25, 0.3) is 0 Å². The molecule has 0 aliphatic carbocycles. The van der Waals surface area contributed by atoms with Crippen LogP contribution in [0.5, 0.6) is 0 Å². The Hall–Kier alpha value is -0.310. The maximum atomic E-state index is 14.0. The number of rotatable bonds is 10. The quantitative estimate of drug-likeness (QED) is 0.328. The van der Waals surface area contributed by atoms with Crippen molar-refractivity contribution in [3.8, 4) is 0 Å². The van der Waals surface area contributed by atoms with Gasteiger partial charge in [-0.3, -0.25) is 0 Å². The molecule has 0 fully saturated rings. The van der Waals surface area contributed by atoms with Crippen LogP contribution in [0.4, 0.5) is 4.39 Å². The third-order valence-corrected chi connectivity index (χ3v) is 3.72. The van der Waals surface area contributed by atoms with Crippen LogP contribution < -0.4 is 12.4 Å². The van der Waals surface area contributed by atoms with Gasteiger partial charge in [0.05, 0.1) is 13.1 Å². The molecule has 0 bridgehead atoms. The van der Waals surface area contributed by atoms with Crippen molar-refractivity contribution in [2.24, 2.45) is 0 Å². The van der Waals surface area contributed by atoms with Gasteiger partial charge in [-0.2, -0.15) is 0 Å². The summed E-state index contributed by atoms with van der Waals surface area (Å²) in [5.41, 5.74) is 0. The van der Waals surface area contributed by atoms with Gasteiger partial charge in [0.1, 0.15) is 13.1 Å². The highest BCUT2D eigenvalue weighted by atomic mass is 35.5. The molecule has 2 nitrogen and oxygen atoms in total. The van der Waals surface area contributed by atoms with E-state index in [1.807, 2.05) is 9.48 Å². The standard InChI is InChI=1S/C15H30FN2.ClH/c1-3-5-7-9-11-17-13-14-18(15(17)16)12-10-8-6-4-2;/h3-14H2,1-2H3;1H/q+1;/p-1. The van der Waals surface area contributed by atoms with E-state index in [1.54, 1.807) is 0 Å². The Morgan fingerprint density at radius 2 is 1.63 bits per heavy atom. The normalized spacial score (nSPS) is 15.0. The van der Waals surface area contributed by atoms with E-state index >= 15 is 0 Å². The molecule has 0 unspecified atom stereocenters. The summed E-state index contributed by atoms with van der Waals surface area (Å²) in [6, 6.07) is 0. The van der Waals surface area contributed by atoms with Crippen LogP contribution in [0.15, 0.2) is 0 Å². The summed E-state index contributed by atoms with van der Waals surface area (Å²) in [4.78, 5) is 1.93. The summed E-state index contributed by atoms with van der Waals surface area (Å²) in [5, 5.41) is 0. The summed E-state index contributed by atoms with van der Waals surface area (Å²) in [6.45, 7) is 7.98. The molecule has 0 radical (unpaired) electrons. The Morgan fingerprint density at radius 3 is 2.26 bits per heavy atom. The van der Waals surface area contributed by atoms with E-state index in [1.165, 1.54) is 38.5 Å². The largest absolute Gasteiger partial charge is 1.00 e. The van der Waals surface area contributed by atoms with Gasteiger partial charge in [0, 0.05) is 0 Å². The fourth-order valence-corrected chi connectivity index (χ4v) is 2.49. The van der Waals surface area contributed by atoms with Crippen LogP contribution in [0, 0.1) is 0 Å². The fraction of sp³-hybridized carbons (Fsp3) is 0.933. The molecular formula is C15H30ClFN2. The lowest BCUT2D eigenvalue weighted by atomic mass is 10.2. The lowest BCUT2D eigenvalue weighted by molar-refractivity contribution is -0.523. The lowest BCUT2D eigenvalue weighted by Crippen LogP contribution is -3.00. The average Bonchev–Trinajstić information content (AvgIpc) is 2.72. The van der Waals surface area contributed by atoms with E-state index in [-0.39, 0.29) is 18.5 Å². The minimum Gasteiger partial charge on any atom is -1.00 e. The third-order valence-electron chi connectivity index (χ3n) is 3.72. The Morgan fingerprint density at radius 1 is 1.00 bits per heavy atom. The first-order chi connectivity index (χ1) is 8.79. The molecular weight excluding hydrogens is 263 g/mol. The van der Waals surface area contributed by atoms with Gasteiger partial charge < -0.3 is 12.4 Å². The summed E-state index contributed by atoms with van der Waals surface area (Å²) < 4.78 is 16.0. The summed E-state index contributed by atoms with van der Waals surface area (Å²) >= 11 is 0. The van der Waals surface area contributed by atoms with Gasteiger partial charge in [0.2, 0.25) is 0 Å². The molecule has 1 aliphatic heterocycles. The van der Waals surface area contributed by atoms with Gasteiger partial charge in [-0.05, 0) is 25.7 Å². The zero-order chi connectivity index (χ0) is 13.2. The van der Waals surface area contributed by atoms with Crippen molar-refractivity contribution in [1.29, 1.82) is 0 Å². The SMILES string of the molecule is CCCCCCN1CC[N+](CCCCCC)=C1F.[Cl-]. The van der Waals surface area contributed by atoms with Crippen molar-refractivity contribution in [3.05, 3.63) is 0 Å². The highest BCUT2D eigenvalue weighted by molar-refractivity contribution is 5.68. The Labute approximate surface area is 124 Å². The predicted molar refractivity (Wildman–Crippen MR) is 76.0 cm³/mol. The molecule has 0 saturated heterocycles. The summed E-state index contributed by atoms with van der Waals surface area (Å²) in [6.07, 6.45) is 9.80. The van der Waals surface area contributed by atoms with E-state index in [0.717, 1.165) is 39.0 Å². The molecule has 0 amide bonds. The number of amidine groups is 1. The smallest absolute Gasteiger partial charge is 0.436 e. The average molecular weight is 293 g/mol. The maximum absolute atomic E-state index is 14.0. The number of halogens is 2. The molecule has 4 heteroatoms. The number of unbranched alkanes of at least 4 members (excludes halogenated alkanes) is 6. The first-order valence-electron chi connectivity index (χ1n) is 7.82. The van der Waals surface area contributed by atoms with Crippen molar-refractivity contribution in [2.75, 3.05) is 26.2 Å². The Balaban J connectivity index is 0.00000324. The second-order valence-corrected chi connectivity index (χ2v) is 5.36. The van der Waals surface area contributed by atoms with Crippen molar-refractivity contribution >= 4 is 6.09 Å². The number of hydrogen-bond donors (Lipinski definition) is 0. The first kappa shape index (κ1) is 18.7. The summed E-state index contributed by atoms with van der Waals surface area (Å²) in [5.74, 6) is 0. The Kier molecular flexibility index (Phi) is 11.3. The van der Waals surface area contributed by atoms with Gasteiger partial charge in [-0.1, -0.05) is 39.5 Å². The number of hydrogen-bond acceptors (Lipinski definition) is 1. The van der Waals surface area contributed by atoms with Crippen LogP contribution in [0.2, 0.25) is 0 Å². The van der Waals surface area contributed by atoms with Gasteiger partial charge in [-0.15, -0.1) is 4.39 Å². The minimum atomic E-state index is 0. The summed E-state index contributed by atoms with van der Waals surface area (Å²) in [7, 11) is 0. The van der Waals surface area contributed by atoms with Gasteiger partial charge in [0.15, 0.2) is 0 Å². The first-order valence-corrected chi connectivity index (χ1v) is 7.82. The zero-order valence-corrected chi connectivity index (χ0v) is 13.4. The van der Waals surface area contributed by atoms with Crippen molar-refractivity contribution < 1.29 is 21.4 Å². The minimum absolute atomic E-state index is 0. The van der Waals surface area contributed by atoms with E-state index in [9.17, 15) is 4.39 Å². The van der Waals surface area contributed by atoms with E-state index < -0.39 is 0 Å². The molecule has 0 atom stereocenters. The molecule has 0 aromatic rings. The van der Waals surface area contributed by atoms with Crippen molar-refractivity contribution in [2.45, 2.75) is 65.2 Å². The second-order valence-electron chi connectivity index (χ2n) is 5.36. The van der Waals surface area contributed by atoms with E-state index in [2.05, 4.69) is 13.8 Å². The molecule has 0 saturated carbocycles. The Bertz CT molecular complexity index is 257. The molecule has 1 aliphatic rings.